The van der Waals surface area contributed by atoms with E-state index in [4.69, 9.17) is 0 Å². The maximum atomic E-state index is 12.7. The first-order valence-corrected chi connectivity index (χ1v) is 5.59. The number of halogens is 2. The first-order valence-electron chi connectivity index (χ1n) is 4.80. The summed E-state index contributed by atoms with van der Waals surface area (Å²) in [6.07, 6.45) is 1.72. The number of nitrogens with one attached hydrogen (secondary N) is 1. The lowest BCUT2D eigenvalue weighted by Crippen LogP contribution is -1.96. The summed E-state index contributed by atoms with van der Waals surface area (Å²) in [6, 6.07) is 8.16. The zero-order chi connectivity index (χ0) is 11.5. The summed E-state index contributed by atoms with van der Waals surface area (Å²) in [5.41, 5.74) is 1.85. The van der Waals surface area contributed by atoms with Crippen LogP contribution in [0, 0.1) is 12.7 Å². The van der Waals surface area contributed by atoms with E-state index in [1.165, 1.54) is 12.1 Å². The molecule has 0 saturated carbocycles. The molecule has 0 aliphatic rings. The van der Waals surface area contributed by atoms with Crippen molar-refractivity contribution in [2.45, 2.75) is 6.92 Å². The quantitative estimate of drug-likeness (QED) is 0.898. The van der Waals surface area contributed by atoms with Gasteiger partial charge in [0.15, 0.2) is 0 Å². The van der Waals surface area contributed by atoms with E-state index in [9.17, 15) is 4.39 Å². The van der Waals surface area contributed by atoms with E-state index in [1.54, 1.807) is 18.3 Å². The van der Waals surface area contributed by atoms with Gasteiger partial charge in [-0.3, -0.25) is 0 Å². The van der Waals surface area contributed by atoms with Gasteiger partial charge in [0, 0.05) is 16.4 Å². The molecule has 82 valence electrons. The number of pyridine rings is 1. The van der Waals surface area contributed by atoms with Gasteiger partial charge in [0.25, 0.3) is 0 Å². The van der Waals surface area contributed by atoms with Crippen molar-refractivity contribution in [1.29, 1.82) is 0 Å². The van der Waals surface area contributed by atoms with Crippen LogP contribution in [0.2, 0.25) is 0 Å². The van der Waals surface area contributed by atoms with Gasteiger partial charge in [0.05, 0.1) is 0 Å². The van der Waals surface area contributed by atoms with E-state index < -0.39 is 0 Å². The minimum Gasteiger partial charge on any atom is -0.340 e. The SMILES string of the molecule is Cc1cc(Br)cnc1Nc1ccc(F)cc1. The highest BCUT2D eigenvalue weighted by Gasteiger charge is 2.01. The molecule has 0 atom stereocenters. The lowest BCUT2D eigenvalue weighted by atomic mass is 10.2. The fourth-order valence-corrected chi connectivity index (χ4v) is 1.79. The Morgan fingerprint density at radius 3 is 2.56 bits per heavy atom. The first-order chi connectivity index (χ1) is 7.65. The molecule has 0 radical (unpaired) electrons. The third-order valence-corrected chi connectivity index (χ3v) is 2.59. The van der Waals surface area contributed by atoms with Crippen LogP contribution in [0.1, 0.15) is 5.56 Å². The number of anilines is 2. The summed E-state index contributed by atoms with van der Waals surface area (Å²) in [7, 11) is 0. The Morgan fingerprint density at radius 1 is 1.25 bits per heavy atom. The summed E-state index contributed by atoms with van der Waals surface area (Å²) >= 11 is 3.35. The number of aromatic nitrogens is 1. The standard InChI is InChI=1S/C12H10BrFN2/c1-8-6-9(13)7-15-12(8)16-11-4-2-10(14)3-5-11/h2-7H,1H3,(H,15,16). The van der Waals surface area contributed by atoms with E-state index in [1.807, 2.05) is 13.0 Å². The molecule has 0 fully saturated rings. The highest BCUT2D eigenvalue weighted by atomic mass is 79.9. The molecule has 0 aliphatic carbocycles. The average molecular weight is 281 g/mol. The van der Waals surface area contributed by atoms with Gasteiger partial charge in [-0.2, -0.15) is 0 Å². The summed E-state index contributed by atoms with van der Waals surface area (Å²) in [4.78, 5) is 4.24. The fraction of sp³-hybridized carbons (Fsp3) is 0.0833. The molecule has 2 rings (SSSR count). The highest BCUT2D eigenvalue weighted by Crippen LogP contribution is 2.20. The van der Waals surface area contributed by atoms with Gasteiger partial charge >= 0.3 is 0 Å². The molecule has 1 heterocycles. The normalized spacial score (nSPS) is 10.2. The number of nitrogens with zero attached hydrogens (tertiary/aromatic N) is 1. The molecule has 0 saturated heterocycles. The predicted octanol–water partition coefficient (Wildman–Crippen LogP) is 4.04. The topological polar surface area (TPSA) is 24.9 Å². The molecular formula is C12H10BrFN2. The Morgan fingerprint density at radius 2 is 1.94 bits per heavy atom. The lowest BCUT2D eigenvalue weighted by Gasteiger charge is -2.08. The summed E-state index contributed by atoms with van der Waals surface area (Å²) in [5, 5.41) is 3.13. The lowest BCUT2D eigenvalue weighted by molar-refractivity contribution is 0.628. The largest absolute Gasteiger partial charge is 0.340 e. The Hall–Kier alpha value is -1.42. The third kappa shape index (κ3) is 2.58. The molecule has 0 aliphatic heterocycles. The molecule has 0 bridgehead atoms. The smallest absolute Gasteiger partial charge is 0.133 e. The Kier molecular flexibility index (Phi) is 3.19. The van der Waals surface area contributed by atoms with Crippen molar-refractivity contribution in [2.75, 3.05) is 5.32 Å². The molecule has 1 aromatic heterocycles. The van der Waals surface area contributed by atoms with E-state index >= 15 is 0 Å². The Bertz CT molecular complexity index is 497. The van der Waals surface area contributed by atoms with Crippen molar-refractivity contribution < 1.29 is 4.39 Å². The van der Waals surface area contributed by atoms with Crippen LogP contribution in [0.4, 0.5) is 15.9 Å². The molecule has 0 spiro atoms. The fourth-order valence-electron chi connectivity index (χ4n) is 1.34. The van der Waals surface area contributed by atoms with Crippen molar-refractivity contribution in [3.05, 3.63) is 52.4 Å². The van der Waals surface area contributed by atoms with Crippen molar-refractivity contribution >= 4 is 27.4 Å². The van der Waals surface area contributed by atoms with Gasteiger partial charge < -0.3 is 5.32 Å². The summed E-state index contributed by atoms with van der Waals surface area (Å²) in [6.45, 7) is 1.96. The minimum absolute atomic E-state index is 0.244. The van der Waals surface area contributed by atoms with Gasteiger partial charge in [-0.1, -0.05) is 0 Å². The van der Waals surface area contributed by atoms with Crippen molar-refractivity contribution in [2.24, 2.45) is 0 Å². The van der Waals surface area contributed by atoms with Crippen molar-refractivity contribution in [3.8, 4) is 0 Å². The van der Waals surface area contributed by atoms with Crippen LogP contribution in [0.3, 0.4) is 0 Å². The van der Waals surface area contributed by atoms with Gasteiger partial charge in [0.1, 0.15) is 11.6 Å². The molecule has 4 heteroatoms. The molecule has 2 aromatic rings. The second-order valence-corrected chi connectivity index (χ2v) is 4.37. The summed E-state index contributed by atoms with van der Waals surface area (Å²) in [5.74, 6) is 0.529. The number of hydrogen-bond donors (Lipinski definition) is 1. The molecule has 2 nitrogen and oxygen atoms in total. The number of hydrogen-bond acceptors (Lipinski definition) is 2. The van der Waals surface area contributed by atoms with E-state index in [0.29, 0.717) is 0 Å². The second-order valence-electron chi connectivity index (χ2n) is 3.45. The average Bonchev–Trinajstić information content (AvgIpc) is 2.25. The molecule has 16 heavy (non-hydrogen) atoms. The maximum Gasteiger partial charge on any atom is 0.133 e. The van der Waals surface area contributed by atoms with Crippen LogP contribution in [-0.4, -0.2) is 4.98 Å². The number of aryl methyl sites for hydroxylation is 1. The van der Waals surface area contributed by atoms with Crippen LogP contribution in [0.5, 0.6) is 0 Å². The Balaban J connectivity index is 2.23. The molecule has 1 aromatic carbocycles. The predicted molar refractivity (Wildman–Crippen MR) is 66.4 cm³/mol. The first kappa shape index (κ1) is 11.1. The van der Waals surface area contributed by atoms with Crippen LogP contribution < -0.4 is 5.32 Å². The van der Waals surface area contributed by atoms with Gasteiger partial charge in [0.2, 0.25) is 0 Å². The highest BCUT2D eigenvalue weighted by molar-refractivity contribution is 9.10. The van der Waals surface area contributed by atoms with Gasteiger partial charge in [-0.15, -0.1) is 0 Å². The molecule has 0 amide bonds. The van der Waals surface area contributed by atoms with E-state index in [0.717, 1.165) is 21.5 Å². The van der Waals surface area contributed by atoms with Crippen molar-refractivity contribution in [3.63, 3.8) is 0 Å². The van der Waals surface area contributed by atoms with Gasteiger partial charge in [-0.25, -0.2) is 9.37 Å². The molecular weight excluding hydrogens is 271 g/mol. The van der Waals surface area contributed by atoms with Crippen LogP contribution in [-0.2, 0) is 0 Å². The van der Waals surface area contributed by atoms with Crippen molar-refractivity contribution in [1.82, 2.24) is 4.98 Å². The number of rotatable bonds is 2. The molecule has 1 N–H and O–H groups in total. The number of benzene rings is 1. The van der Waals surface area contributed by atoms with E-state index in [2.05, 4.69) is 26.2 Å². The minimum atomic E-state index is -0.244. The van der Waals surface area contributed by atoms with E-state index in [-0.39, 0.29) is 5.82 Å². The van der Waals surface area contributed by atoms with Crippen LogP contribution >= 0.6 is 15.9 Å². The van der Waals surface area contributed by atoms with Crippen LogP contribution in [0.15, 0.2) is 41.0 Å². The molecule has 0 unspecified atom stereocenters. The summed E-state index contributed by atoms with van der Waals surface area (Å²) < 4.78 is 13.6. The second kappa shape index (κ2) is 4.61. The zero-order valence-corrected chi connectivity index (χ0v) is 10.3. The third-order valence-electron chi connectivity index (χ3n) is 2.15. The van der Waals surface area contributed by atoms with Gasteiger partial charge in [-0.05, 0) is 58.7 Å². The van der Waals surface area contributed by atoms with Crippen LogP contribution in [0.25, 0.3) is 0 Å². The Labute approximate surface area is 102 Å². The maximum absolute atomic E-state index is 12.7. The monoisotopic (exact) mass is 280 g/mol. The zero-order valence-electron chi connectivity index (χ0n) is 8.67.